The van der Waals surface area contributed by atoms with Gasteiger partial charge in [-0.2, -0.15) is 4.98 Å². The fourth-order valence-corrected chi connectivity index (χ4v) is 3.10. The van der Waals surface area contributed by atoms with Crippen LogP contribution in [0.3, 0.4) is 0 Å². The van der Waals surface area contributed by atoms with Gasteiger partial charge in [-0.05, 0) is 43.4 Å². The average molecular weight is 342 g/mol. The van der Waals surface area contributed by atoms with E-state index in [9.17, 15) is 5.11 Å². The molecule has 0 spiro atoms. The van der Waals surface area contributed by atoms with Crippen molar-refractivity contribution in [3.8, 4) is 0 Å². The van der Waals surface area contributed by atoms with Gasteiger partial charge in [-0.15, -0.1) is 0 Å². The predicted octanol–water partition coefficient (Wildman–Crippen LogP) is 2.20. The first kappa shape index (κ1) is 17.6. The van der Waals surface area contributed by atoms with Crippen LogP contribution >= 0.6 is 0 Å². The lowest BCUT2D eigenvalue weighted by atomic mass is 9.96. The SMILES string of the molecule is Cc1cc(N2CCc3cc([C@@H](C)O)ccc3C2)nc(NCCCO)n1. The summed E-state index contributed by atoms with van der Waals surface area (Å²) >= 11 is 0. The zero-order valence-electron chi connectivity index (χ0n) is 14.9. The molecule has 6 heteroatoms. The summed E-state index contributed by atoms with van der Waals surface area (Å²) in [6, 6.07) is 8.23. The van der Waals surface area contributed by atoms with Gasteiger partial charge < -0.3 is 20.4 Å². The van der Waals surface area contributed by atoms with E-state index in [1.54, 1.807) is 6.92 Å². The number of aryl methyl sites for hydroxylation is 1. The van der Waals surface area contributed by atoms with Crippen LogP contribution in [0.1, 0.15) is 41.8 Å². The summed E-state index contributed by atoms with van der Waals surface area (Å²) in [6.07, 6.45) is 1.18. The normalized spacial score (nSPS) is 15.0. The molecule has 1 aromatic carbocycles. The first-order valence-electron chi connectivity index (χ1n) is 8.82. The van der Waals surface area contributed by atoms with Gasteiger partial charge in [0, 0.05) is 38.0 Å². The number of hydrogen-bond donors (Lipinski definition) is 3. The minimum absolute atomic E-state index is 0.156. The lowest BCUT2D eigenvalue weighted by molar-refractivity contribution is 0.199. The molecule has 0 saturated carbocycles. The summed E-state index contributed by atoms with van der Waals surface area (Å²) in [7, 11) is 0. The van der Waals surface area contributed by atoms with Crippen LogP contribution in [0.25, 0.3) is 0 Å². The van der Waals surface area contributed by atoms with Crippen molar-refractivity contribution < 1.29 is 10.2 Å². The van der Waals surface area contributed by atoms with Crippen molar-refractivity contribution in [3.05, 3.63) is 46.6 Å². The number of nitrogens with zero attached hydrogens (tertiary/aromatic N) is 3. The minimum atomic E-state index is -0.430. The highest BCUT2D eigenvalue weighted by Crippen LogP contribution is 2.26. The maximum absolute atomic E-state index is 9.76. The lowest BCUT2D eigenvalue weighted by Gasteiger charge is -2.30. The molecule has 2 aromatic rings. The van der Waals surface area contributed by atoms with E-state index in [2.05, 4.69) is 32.3 Å². The number of nitrogens with one attached hydrogen (secondary N) is 1. The van der Waals surface area contributed by atoms with Crippen LogP contribution in [-0.2, 0) is 13.0 Å². The van der Waals surface area contributed by atoms with E-state index < -0.39 is 6.10 Å². The maximum atomic E-state index is 9.76. The molecule has 3 rings (SSSR count). The molecule has 1 aliphatic rings. The fourth-order valence-electron chi connectivity index (χ4n) is 3.10. The van der Waals surface area contributed by atoms with Crippen molar-refractivity contribution in [2.24, 2.45) is 0 Å². The third-order valence-electron chi connectivity index (χ3n) is 4.51. The Morgan fingerprint density at radius 3 is 2.84 bits per heavy atom. The molecule has 0 fully saturated rings. The number of anilines is 2. The van der Waals surface area contributed by atoms with E-state index in [0.29, 0.717) is 18.9 Å². The summed E-state index contributed by atoms with van der Waals surface area (Å²) in [5, 5.41) is 21.8. The van der Waals surface area contributed by atoms with Gasteiger partial charge in [0.05, 0.1) is 6.10 Å². The molecule has 0 aliphatic carbocycles. The third-order valence-corrected chi connectivity index (χ3v) is 4.51. The smallest absolute Gasteiger partial charge is 0.224 e. The summed E-state index contributed by atoms with van der Waals surface area (Å²) < 4.78 is 0. The Morgan fingerprint density at radius 1 is 1.24 bits per heavy atom. The Morgan fingerprint density at radius 2 is 2.08 bits per heavy atom. The van der Waals surface area contributed by atoms with Crippen molar-refractivity contribution >= 4 is 11.8 Å². The van der Waals surface area contributed by atoms with Gasteiger partial charge in [-0.3, -0.25) is 0 Å². The fraction of sp³-hybridized carbons (Fsp3) is 0.474. The largest absolute Gasteiger partial charge is 0.396 e. The van der Waals surface area contributed by atoms with Crippen LogP contribution in [0.15, 0.2) is 24.3 Å². The Bertz CT molecular complexity index is 733. The highest BCUT2D eigenvalue weighted by Gasteiger charge is 2.19. The maximum Gasteiger partial charge on any atom is 0.224 e. The molecule has 1 atom stereocenters. The Kier molecular flexibility index (Phi) is 5.50. The van der Waals surface area contributed by atoms with E-state index in [-0.39, 0.29) is 6.61 Å². The quantitative estimate of drug-likeness (QED) is 0.698. The molecule has 0 amide bonds. The van der Waals surface area contributed by atoms with E-state index in [1.807, 2.05) is 19.1 Å². The Hall–Kier alpha value is -2.18. The molecule has 0 saturated heterocycles. The summed E-state index contributed by atoms with van der Waals surface area (Å²) in [6.45, 7) is 6.28. The molecule has 134 valence electrons. The highest BCUT2D eigenvalue weighted by atomic mass is 16.3. The number of fused-ring (bicyclic) bond motifs is 1. The van der Waals surface area contributed by atoms with Gasteiger partial charge in [0.2, 0.25) is 5.95 Å². The molecular weight excluding hydrogens is 316 g/mol. The highest BCUT2D eigenvalue weighted by molar-refractivity contribution is 5.48. The molecule has 6 nitrogen and oxygen atoms in total. The van der Waals surface area contributed by atoms with Crippen LogP contribution < -0.4 is 10.2 Å². The number of aromatic nitrogens is 2. The van der Waals surface area contributed by atoms with Crippen molar-refractivity contribution in [3.63, 3.8) is 0 Å². The molecule has 25 heavy (non-hydrogen) atoms. The van der Waals surface area contributed by atoms with Gasteiger partial charge in [-0.25, -0.2) is 4.98 Å². The Balaban J connectivity index is 1.77. The van der Waals surface area contributed by atoms with Crippen molar-refractivity contribution in [1.82, 2.24) is 9.97 Å². The third kappa shape index (κ3) is 4.27. The van der Waals surface area contributed by atoms with E-state index in [4.69, 9.17) is 5.11 Å². The van der Waals surface area contributed by atoms with Gasteiger partial charge in [0.25, 0.3) is 0 Å². The number of rotatable bonds is 6. The van der Waals surface area contributed by atoms with Crippen molar-refractivity contribution in [1.29, 1.82) is 0 Å². The molecule has 2 heterocycles. The zero-order valence-corrected chi connectivity index (χ0v) is 14.9. The number of aliphatic hydroxyl groups is 2. The Labute approximate surface area is 148 Å². The van der Waals surface area contributed by atoms with Gasteiger partial charge in [-0.1, -0.05) is 18.2 Å². The van der Waals surface area contributed by atoms with Gasteiger partial charge in [0.15, 0.2) is 0 Å². The van der Waals surface area contributed by atoms with Crippen molar-refractivity contribution in [2.45, 2.75) is 39.3 Å². The molecule has 0 bridgehead atoms. The van der Waals surface area contributed by atoms with Gasteiger partial charge >= 0.3 is 0 Å². The summed E-state index contributed by atoms with van der Waals surface area (Å²) in [5.41, 5.74) is 4.48. The van der Waals surface area contributed by atoms with Crippen LogP contribution in [0.2, 0.25) is 0 Å². The lowest BCUT2D eigenvalue weighted by Crippen LogP contribution is -2.31. The van der Waals surface area contributed by atoms with E-state index in [1.165, 1.54) is 11.1 Å². The second-order valence-corrected chi connectivity index (χ2v) is 6.57. The second kappa shape index (κ2) is 7.80. The molecular formula is C19H26N4O2. The van der Waals surface area contributed by atoms with Crippen LogP contribution in [0.4, 0.5) is 11.8 Å². The van der Waals surface area contributed by atoms with Crippen LogP contribution in [-0.4, -0.2) is 39.9 Å². The van der Waals surface area contributed by atoms with Gasteiger partial charge in [0.1, 0.15) is 5.82 Å². The predicted molar refractivity (Wildman–Crippen MR) is 98.8 cm³/mol. The summed E-state index contributed by atoms with van der Waals surface area (Å²) in [5.74, 6) is 1.53. The van der Waals surface area contributed by atoms with E-state index in [0.717, 1.165) is 36.6 Å². The summed E-state index contributed by atoms with van der Waals surface area (Å²) in [4.78, 5) is 11.3. The number of aliphatic hydroxyl groups excluding tert-OH is 2. The van der Waals surface area contributed by atoms with Crippen LogP contribution in [0.5, 0.6) is 0 Å². The molecule has 1 aromatic heterocycles. The van der Waals surface area contributed by atoms with Crippen molar-refractivity contribution in [2.75, 3.05) is 29.9 Å². The monoisotopic (exact) mass is 342 g/mol. The second-order valence-electron chi connectivity index (χ2n) is 6.57. The number of hydrogen-bond acceptors (Lipinski definition) is 6. The molecule has 0 radical (unpaired) electrons. The first-order chi connectivity index (χ1) is 12.1. The minimum Gasteiger partial charge on any atom is -0.396 e. The molecule has 3 N–H and O–H groups in total. The zero-order chi connectivity index (χ0) is 17.8. The topological polar surface area (TPSA) is 81.5 Å². The molecule has 0 unspecified atom stereocenters. The first-order valence-corrected chi connectivity index (χ1v) is 8.82. The van der Waals surface area contributed by atoms with Crippen LogP contribution in [0, 0.1) is 6.92 Å². The molecule has 1 aliphatic heterocycles. The standard InChI is InChI=1S/C19H26N4O2/c1-13-10-18(22-19(21-13)20-7-3-9-24)23-8-6-16-11-15(14(2)25)4-5-17(16)12-23/h4-5,10-11,14,24-25H,3,6-9,12H2,1-2H3,(H,20,21,22)/t14-/m1/s1. The van der Waals surface area contributed by atoms with E-state index >= 15 is 0 Å². The average Bonchev–Trinajstić information content (AvgIpc) is 2.60. The number of benzene rings is 1.